The fourth-order valence-electron chi connectivity index (χ4n) is 2.14. The summed E-state index contributed by atoms with van der Waals surface area (Å²) in [5.41, 5.74) is 5.10. The van der Waals surface area contributed by atoms with Crippen molar-refractivity contribution in [3.05, 3.63) is 0 Å². The van der Waals surface area contributed by atoms with Crippen LogP contribution in [0, 0.1) is 0 Å². The normalized spacial score (nSPS) is 26.3. The minimum atomic E-state index is -0.266. The zero-order chi connectivity index (χ0) is 10.8. The summed E-state index contributed by atoms with van der Waals surface area (Å²) in [5.74, 6) is -0.266. The van der Waals surface area contributed by atoms with Gasteiger partial charge in [0.1, 0.15) is 0 Å². The van der Waals surface area contributed by atoms with Crippen LogP contribution in [-0.4, -0.2) is 60.5 Å². The number of piperazine rings is 1. The Hall–Kier alpha value is -1.30. The molecule has 6 heteroatoms. The minimum absolute atomic E-state index is 0.0366. The number of nitrogens with one attached hydrogen (secondary N) is 1. The van der Waals surface area contributed by atoms with Gasteiger partial charge in [0, 0.05) is 39.1 Å². The van der Waals surface area contributed by atoms with Crippen molar-refractivity contribution >= 4 is 11.9 Å². The van der Waals surface area contributed by atoms with Crippen LogP contribution in [0.2, 0.25) is 0 Å². The Kier molecular flexibility index (Phi) is 2.77. The minimum Gasteiger partial charge on any atom is -0.370 e. The lowest BCUT2D eigenvalue weighted by molar-refractivity contribution is -0.118. The van der Waals surface area contributed by atoms with Crippen molar-refractivity contribution < 1.29 is 9.59 Å². The number of fused-ring (bicyclic) bond motifs is 1. The Morgan fingerprint density at radius 1 is 1.53 bits per heavy atom. The zero-order valence-corrected chi connectivity index (χ0v) is 8.61. The van der Waals surface area contributed by atoms with Crippen LogP contribution in [0.4, 0.5) is 4.79 Å². The van der Waals surface area contributed by atoms with E-state index in [1.165, 1.54) is 0 Å². The number of nitrogens with two attached hydrogens (primary N) is 1. The Bertz CT molecular complexity index is 281. The van der Waals surface area contributed by atoms with Crippen LogP contribution in [0.3, 0.4) is 0 Å². The Morgan fingerprint density at radius 3 is 3.07 bits per heavy atom. The predicted octanol–water partition coefficient (Wildman–Crippen LogP) is -1.43. The van der Waals surface area contributed by atoms with E-state index in [2.05, 4.69) is 10.2 Å². The molecule has 0 aromatic carbocycles. The van der Waals surface area contributed by atoms with E-state index in [-0.39, 0.29) is 18.0 Å². The lowest BCUT2D eigenvalue weighted by Crippen LogP contribution is -2.52. The maximum atomic E-state index is 11.3. The number of carbonyl (C=O) groups is 2. The lowest BCUT2D eigenvalue weighted by atomic mass is 10.2. The summed E-state index contributed by atoms with van der Waals surface area (Å²) < 4.78 is 0. The molecule has 0 bridgehead atoms. The Balaban J connectivity index is 1.83. The molecule has 6 nitrogen and oxygen atoms in total. The summed E-state index contributed by atoms with van der Waals surface area (Å²) in [4.78, 5) is 26.0. The molecule has 2 heterocycles. The maximum Gasteiger partial charge on any atom is 0.317 e. The van der Waals surface area contributed by atoms with E-state index in [9.17, 15) is 9.59 Å². The second-order valence-corrected chi connectivity index (χ2v) is 4.05. The van der Waals surface area contributed by atoms with Crippen LogP contribution in [0.15, 0.2) is 0 Å². The van der Waals surface area contributed by atoms with Gasteiger partial charge in [-0.2, -0.15) is 0 Å². The average Bonchev–Trinajstić information content (AvgIpc) is 2.57. The van der Waals surface area contributed by atoms with Gasteiger partial charge in [-0.15, -0.1) is 0 Å². The molecule has 2 rings (SSSR count). The van der Waals surface area contributed by atoms with E-state index in [4.69, 9.17) is 5.73 Å². The largest absolute Gasteiger partial charge is 0.370 e. The van der Waals surface area contributed by atoms with Gasteiger partial charge in [-0.05, 0) is 0 Å². The zero-order valence-electron chi connectivity index (χ0n) is 8.61. The van der Waals surface area contributed by atoms with Crippen LogP contribution in [0.1, 0.15) is 6.42 Å². The first kappa shape index (κ1) is 10.2. The summed E-state index contributed by atoms with van der Waals surface area (Å²) >= 11 is 0. The molecule has 0 spiro atoms. The summed E-state index contributed by atoms with van der Waals surface area (Å²) in [7, 11) is 0. The Labute approximate surface area is 88.4 Å². The highest BCUT2D eigenvalue weighted by molar-refractivity contribution is 5.77. The third-order valence-electron chi connectivity index (χ3n) is 2.99. The number of primary amides is 1. The molecule has 1 atom stereocenters. The number of urea groups is 1. The highest BCUT2D eigenvalue weighted by Gasteiger charge is 2.35. The second-order valence-electron chi connectivity index (χ2n) is 4.05. The first-order valence-electron chi connectivity index (χ1n) is 5.22. The number of amides is 3. The molecule has 3 N–H and O–H groups in total. The second kappa shape index (κ2) is 4.06. The molecule has 0 radical (unpaired) electrons. The molecule has 2 aliphatic rings. The van der Waals surface area contributed by atoms with Gasteiger partial charge in [0.15, 0.2) is 0 Å². The van der Waals surface area contributed by atoms with Crippen molar-refractivity contribution in [2.45, 2.75) is 12.5 Å². The van der Waals surface area contributed by atoms with E-state index in [1.54, 1.807) is 0 Å². The van der Waals surface area contributed by atoms with Gasteiger partial charge >= 0.3 is 6.03 Å². The van der Waals surface area contributed by atoms with Gasteiger partial charge in [-0.1, -0.05) is 0 Å². The van der Waals surface area contributed by atoms with E-state index in [0.717, 1.165) is 19.6 Å². The molecule has 2 saturated heterocycles. The number of nitrogens with zero attached hydrogens (tertiary/aromatic N) is 2. The first-order valence-corrected chi connectivity index (χ1v) is 5.22. The highest BCUT2D eigenvalue weighted by atomic mass is 16.2. The van der Waals surface area contributed by atoms with Gasteiger partial charge in [-0.25, -0.2) is 4.79 Å². The van der Waals surface area contributed by atoms with Crippen molar-refractivity contribution in [3.8, 4) is 0 Å². The van der Waals surface area contributed by atoms with Crippen molar-refractivity contribution in [2.24, 2.45) is 5.73 Å². The molecule has 2 fully saturated rings. The summed E-state index contributed by atoms with van der Waals surface area (Å²) in [5, 5.41) is 2.82. The number of carbonyl (C=O) groups excluding carboxylic acids is 2. The monoisotopic (exact) mass is 212 g/mol. The molecule has 1 unspecified atom stereocenters. The smallest absolute Gasteiger partial charge is 0.317 e. The lowest BCUT2D eigenvalue weighted by Gasteiger charge is -2.36. The van der Waals surface area contributed by atoms with E-state index in [0.29, 0.717) is 19.5 Å². The van der Waals surface area contributed by atoms with Gasteiger partial charge in [0.2, 0.25) is 5.91 Å². The van der Waals surface area contributed by atoms with Crippen LogP contribution in [-0.2, 0) is 4.79 Å². The molecule has 0 saturated carbocycles. The van der Waals surface area contributed by atoms with Gasteiger partial charge < -0.3 is 16.0 Å². The summed E-state index contributed by atoms with van der Waals surface area (Å²) in [6, 6.07) is 0.300. The average molecular weight is 212 g/mol. The molecule has 15 heavy (non-hydrogen) atoms. The fraction of sp³-hybridized carbons (Fsp3) is 0.778. The number of hydrogen-bond donors (Lipinski definition) is 2. The van der Waals surface area contributed by atoms with Gasteiger partial charge in [0.25, 0.3) is 0 Å². The SMILES string of the molecule is NC(=O)CCN1CCN2C(=O)NCC2C1. The van der Waals surface area contributed by atoms with E-state index < -0.39 is 0 Å². The molecule has 0 aromatic heterocycles. The standard InChI is InChI=1S/C9H16N4O2/c10-8(14)1-2-12-3-4-13-7(6-12)5-11-9(13)15/h7H,1-6H2,(H2,10,14)(H,11,15). The molecule has 0 aliphatic carbocycles. The number of rotatable bonds is 3. The van der Waals surface area contributed by atoms with Crippen molar-refractivity contribution in [1.82, 2.24) is 15.1 Å². The summed E-state index contributed by atoms with van der Waals surface area (Å²) in [6.07, 6.45) is 0.397. The maximum absolute atomic E-state index is 11.3. The van der Waals surface area contributed by atoms with Crippen LogP contribution >= 0.6 is 0 Å². The topological polar surface area (TPSA) is 78.7 Å². The third kappa shape index (κ3) is 2.20. The fourth-order valence-corrected chi connectivity index (χ4v) is 2.14. The van der Waals surface area contributed by atoms with Crippen molar-refractivity contribution in [2.75, 3.05) is 32.7 Å². The molecule has 84 valence electrons. The molecule has 3 amide bonds. The Morgan fingerprint density at radius 2 is 2.33 bits per heavy atom. The van der Waals surface area contributed by atoms with Crippen LogP contribution in [0.5, 0.6) is 0 Å². The van der Waals surface area contributed by atoms with Gasteiger partial charge in [0.05, 0.1) is 6.04 Å². The van der Waals surface area contributed by atoms with Crippen LogP contribution in [0.25, 0.3) is 0 Å². The van der Waals surface area contributed by atoms with E-state index >= 15 is 0 Å². The quantitative estimate of drug-likeness (QED) is 0.602. The van der Waals surface area contributed by atoms with Crippen molar-refractivity contribution in [3.63, 3.8) is 0 Å². The van der Waals surface area contributed by atoms with E-state index in [1.807, 2.05) is 4.90 Å². The highest BCUT2D eigenvalue weighted by Crippen LogP contribution is 2.13. The summed E-state index contributed by atoms with van der Waals surface area (Å²) in [6.45, 7) is 3.83. The van der Waals surface area contributed by atoms with Crippen LogP contribution < -0.4 is 11.1 Å². The molecular weight excluding hydrogens is 196 g/mol. The molecule has 2 aliphatic heterocycles. The van der Waals surface area contributed by atoms with Gasteiger partial charge in [-0.3, -0.25) is 9.69 Å². The van der Waals surface area contributed by atoms with Crippen molar-refractivity contribution in [1.29, 1.82) is 0 Å². The first-order chi connectivity index (χ1) is 7.16. The number of hydrogen-bond acceptors (Lipinski definition) is 3. The molecular formula is C9H16N4O2. The predicted molar refractivity (Wildman–Crippen MR) is 54.1 cm³/mol. The molecule has 0 aromatic rings. The third-order valence-corrected chi connectivity index (χ3v) is 2.99.